The molecule has 1 rings (SSSR count). The molecule has 0 atom stereocenters. The number of allylic oxidation sites excluding steroid dienone is 2. The van der Waals surface area contributed by atoms with Crippen LogP contribution in [0.5, 0.6) is 0 Å². The molecule has 0 saturated carbocycles. The fraction of sp³-hybridized carbons (Fsp3) is 0.375. The molecule has 0 aliphatic heterocycles. The molecule has 0 unspecified atom stereocenters. The Hall–Kier alpha value is -1.34. The van der Waals surface area contributed by atoms with Gasteiger partial charge in [-0.2, -0.15) is 0 Å². The van der Waals surface area contributed by atoms with Crippen LogP contribution in [0.1, 0.15) is 33.3 Å². The summed E-state index contributed by atoms with van der Waals surface area (Å²) in [5.41, 5.74) is 7.21. The Morgan fingerprint density at radius 3 is 2.47 bits per heavy atom. The van der Waals surface area contributed by atoms with E-state index in [1.165, 1.54) is 16.0 Å². The third-order valence-electron chi connectivity index (χ3n) is 3.14. The standard InChI is InChI=1S/C16H23N/c1-5-7-9-13-10-8-11-15(14(13)6-2)16(3,4)12-17/h5-11H,12,17H2,1-4H3/b7-5-,13-9-,14-6+. The van der Waals surface area contributed by atoms with Gasteiger partial charge < -0.3 is 5.73 Å². The molecule has 1 aromatic carbocycles. The topological polar surface area (TPSA) is 26.0 Å². The van der Waals surface area contributed by atoms with Crippen molar-refractivity contribution in [2.24, 2.45) is 5.73 Å². The molecular weight excluding hydrogens is 206 g/mol. The van der Waals surface area contributed by atoms with Gasteiger partial charge in [-0.1, -0.05) is 56.4 Å². The Morgan fingerprint density at radius 2 is 1.94 bits per heavy atom. The predicted octanol–water partition coefficient (Wildman–Crippen LogP) is 2.08. The Balaban J connectivity index is 3.57. The monoisotopic (exact) mass is 229 g/mol. The average molecular weight is 229 g/mol. The van der Waals surface area contributed by atoms with Crippen LogP contribution in [0.25, 0.3) is 12.2 Å². The first kappa shape index (κ1) is 13.7. The van der Waals surface area contributed by atoms with Crippen molar-refractivity contribution in [3.63, 3.8) is 0 Å². The van der Waals surface area contributed by atoms with E-state index in [-0.39, 0.29) is 5.41 Å². The van der Waals surface area contributed by atoms with Crippen LogP contribution in [0.3, 0.4) is 0 Å². The van der Waals surface area contributed by atoms with Gasteiger partial charge in [0.15, 0.2) is 0 Å². The van der Waals surface area contributed by atoms with Gasteiger partial charge in [-0.3, -0.25) is 0 Å². The highest BCUT2D eigenvalue weighted by atomic mass is 14.6. The third kappa shape index (κ3) is 3.07. The Bertz CT molecular complexity index is 507. The molecule has 0 amide bonds. The van der Waals surface area contributed by atoms with Crippen LogP contribution in [0.15, 0.2) is 30.4 Å². The summed E-state index contributed by atoms with van der Waals surface area (Å²) in [6.45, 7) is 9.14. The molecule has 0 fully saturated rings. The largest absolute Gasteiger partial charge is 0.330 e. The SMILES string of the molecule is C\C=C/C=c1/cccc(C(C)(C)CN)/c1=C/C. The van der Waals surface area contributed by atoms with Crippen molar-refractivity contribution in [1.29, 1.82) is 0 Å². The van der Waals surface area contributed by atoms with E-state index in [0.717, 1.165) is 0 Å². The van der Waals surface area contributed by atoms with E-state index in [2.05, 4.69) is 57.2 Å². The molecule has 1 heteroatoms. The fourth-order valence-electron chi connectivity index (χ4n) is 1.95. The molecule has 0 saturated heterocycles. The van der Waals surface area contributed by atoms with Gasteiger partial charge in [0.2, 0.25) is 0 Å². The second-order valence-electron chi connectivity index (χ2n) is 4.88. The van der Waals surface area contributed by atoms with Gasteiger partial charge in [-0.15, -0.1) is 0 Å². The Morgan fingerprint density at radius 1 is 1.24 bits per heavy atom. The average Bonchev–Trinajstić information content (AvgIpc) is 2.35. The van der Waals surface area contributed by atoms with Crippen molar-refractivity contribution in [3.05, 3.63) is 46.4 Å². The van der Waals surface area contributed by atoms with Crippen molar-refractivity contribution < 1.29 is 0 Å². The van der Waals surface area contributed by atoms with E-state index >= 15 is 0 Å². The zero-order chi connectivity index (χ0) is 12.9. The van der Waals surface area contributed by atoms with Gasteiger partial charge in [0.1, 0.15) is 0 Å². The lowest BCUT2D eigenvalue weighted by Crippen LogP contribution is -2.39. The molecule has 1 aromatic rings. The van der Waals surface area contributed by atoms with Crippen LogP contribution in [-0.4, -0.2) is 6.54 Å². The van der Waals surface area contributed by atoms with E-state index in [1.807, 2.05) is 13.0 Å². The minimum absolute atomic E-state index is 0.0155. The van der Waals surface area contributed by atoms with Crippen LogP contribution in [0.2, 0.25) is 0 Å². The molecular formula is C16H23N. The second-order valence-corrected chi connectivity index (χ2v) is 4.88. The van der Waals surface area contributed by atoms with Gasteiger partial charge in [-0.25, -0.2) is 0 Å². The minimum Gasteiger partial charge on any atom is -0.330 e. The molecule has 0 radical (unpaired) electrons. The van der Waals surface area contributed by atoms with E-state index in [0.29, 0.717) is 6.54 Å². The van der Waals surface area contributed by atoms with Gasteiger partial charge in [0, 0.05) is 12.0 Å². The maximum Gasteiger partial charge on any atom is 0.00251 e. The number of rotatable bonds is 3. The van der Waals surface area contributed by atoms with Crippen LogP contribution < -0.4 is 16.2 Å². The van der Waals surface area contributed by atoms with Crippen LogP contribution >= 0.6 is 0 Å². The van der Waals surface area contributed by atoms with Crippen molar-refractivity contribution >= 4 is 12.2 Å². The van der Waals surface area contributed by atoms with E-state index in [1.54, 1.807) is 0 Å². The summed E-state index contributed by atoms with van der Waals surface area (Å²) in [6.07, 6.45) is 8.43. The first-order valence-corrected chi connectivity index (χ1v) is 6.15. The number of hydrogen-bond acceptors (Lipinski definition) is 1. The van der Waals surface area contributed by atoms with E-state index in [9.17, 15) is 0 Å². The number of hydrogen-bond donors (Lipinski definition) is 1. The molecule has 0 heterocycles. The summed E-state index contributed by atoms with van der Waals surface area (Å²) in [7, 11) is 0. The van der Waals surface area contributed by atoms with Crippen molar-refractivity contribution in [2.45, 2.75) is 33.1 Å². The van der Waals surface area contributed by atoms with Gasteiger partial charge in [0.25, 0.3) is 0 Å². The molecule has 0 aliphatic rings. The molecule has 0 aromatic heterocycles. The number of nitrogens with two attached hydrogens (primary N) is 1. The second kappa shape index (κ2) is 5.83. The molecule has 2 N–H and O–H groups in total. The minimum atomic E-state index is 0.0155. The summed E-state index contributed by atoms with van der Waals surface area (Å²) in [6, 6.07) is 6.43. The summed E-state index contributed by atoms with van der Waals surface area (Å²) in [5.74, 6) is 0. The lowest BCUT2D eigenvalue weighted by atomic mass is 9.83. The Labute approximate surface area is 104 Å². The summed E-state index contributed by atoms with van der Waals surface area (Å²) in [5, 5.41) is 2.55. The molecule has 0 spiro atoms. The Kier molecular flexibility index (Phi) is 4.71. The highest BCUT2D eigenvalue weighted by molar-refractivity contribution is 5.43. The predicted molar refractivity (Wildman–Crippen MR) is 77.2 cm³/mol. The maximum atomic E-state index is 5.87. The highest BCUT2D eigenvalue weighted by Crippen LogP contribution is 2.16. The molecule has 92 valence electrons. The first-order chi connectivity index (χ1) is 8.06. The maximum absolute atomic E-state index is 5.87. The zero-order valence-corrected chi connectivity index (χ0v) is 11.3. The lowest BCUT2D eigenvalue weighted by Gasteiger charge is -2.24. The van der Waals surface area contributed by atoms with E-state index in [4.69, 9.17) is 5.73 Å². The van der Waals surface area contributed by atoms with Crippen molar-refractivity contribution in [1.82, 2.24) is 0 Å². The highest BCUT2D eigenvalue weighted by Gasteiger charge is 2.19. The van der Waals surface area contributed by atoms with Gasteiger partial charge in [0.05, 0.1) is 0 Å². The third-order valence-corrected chi connectivity index (χ3v) is 3.14. The van der Waals surface area contributed by atoms with Crippen molar-refractivity contribution in [3.8, 4) is 0 Å². The summed E-state index contributed by atoms with van der Waals surface area (Å²) < 4.78 is 0. The van der Waals surface area contributed by atoms with Crippen LogP contribution in [0, 0.1) is 0 Å². The molecule has 17 heavy (non-hydrogen) atoms. The molecule has 0 aliphatic carbocycles. The summed E-state index contributed by atoms with van der Waals surface area (Å²) in [4.78, 5) is 0. The van der Waals surface area contributed by atoms with Crippen LogP contribution in [-0.2, 0) is 5.41 Å². The first-order valence-electron chi connectivity index (χ1n) is 6.15. The number of benzene rings is 1. The zero-order valence-electron chi connectivity index (χ0n) is 11.3. The van der Waals surface area contributed by atoms with Crippen LogP contribution in [0.4, 0.5) is 0 Å². The molecule has 0 bridgehead atoms. The lowest BCUT2D eigenvalue weighted by molar-refractivity contribution is 0.535. The quantitative estimate of drug-likeness (QED) is 0.844. The smallest absolute Gasteiger partial charge is 0.00251 e. The van der Waals surface area contributed by atoms with Gasteiger partial charge in [-0.05, 0) is 29.8 Å². The van der Waals surface area contributed by atoms with Gasteiger partial charge >= 0.3 is 0 Å². The fourth-order valence-corrected chi connectivity index (χ4v) is 1.95. The van der Waals surface area contributed by atoms with Crippen molar-refractivity contribution in [2.75, 3.05) is 6.54 Å². The normalized spacial score (nSPS) is 14.9. The summed E-state index contributed by atoms with van der Waals surface area (Å²) >= 11 is 0. The van der Waals surface area contributed by atoms with E-state index < -0.39 is 0 Å². The molecule has 1 nitrogen and oxygen atoms in total.